The normalized spacial score (nSPS) is 13.7. The van der Waals surface area contributed by atoms with Gasteiger partial charge in [-0.15, -0.1) is 0 Å². The molecule has 3 N–H and O–H groups in total. The molecule has 0 saturated heterocycles. The van der Waals surface area contributed by atoms with Gasteiger partial charge in [0.05, 0.1) is 6.67 Å². The number of hydrogen-bond acceptors (Lipinski definition) is 6. The van der Waals surface area contributed by atoms with Crippen molar-refractivity contribution in [3.8, 4) is 11.3 Å². The SMILES string of the molecule is C1=NCN(CCCNc2ccnc(Nc3cccc(-c4cc5ccccc5[nH]4)c3)n2)C1. The number of aliphatic imine (C=N–C) groups is 1. The quantitative estimate of drug-likeness (QED) is 0.372. The van der Waals surface area contributed by atoms with E-state index < -0.39 is 0 Å². The molecular weight excluding hydrogens is 386 g/mol. The number of hydrogen-bond donors (Lipinski definition) is 3. The fraction of sp³-hybridized carbons (Fsp3) is 0.208. The van der Waals surface area contributed by atoms with Crippen LogP contribution in [0.5, 0.6) is 0 Å². The second kappa shape index (κ2) is 8.97. The maximum atomic E-state index is 4.60. The van der Waals surface area contributed by atoms with Gasteiger partial charge in [0.1, 0.15) is 5.82 Å². The molecule has 1 aliphatic heterocycles. The van der Waals surface area contributed by atoms with Gasteiger partial charge in [0.25, 0.3) is 0 Å². The lowest BCUT2D eigenvalue weighted by Gasteiger charge is -2.13. The maximum Gasteiger partial charge on any atom is 0.229 e. The lowest BCUT2D eigenvalue weighted by Crippen LogP contribution is -2.23. The molecular formula is C24H25N7. The summed E-state index contributed by atoms with van der Waals surface area (Å²) in [5, 5.41) is 7.91. The number of para-hydroxylation sites is 1. The number of nitrogens with zero attached hydrogens (tertiary/aromatic N) is 4. The van der Waals surface area contributed by atoms with E-state index in [2.05, 4.69) is 71.9 Å². The molecule has 0 spiro atoms. The van der Waals surface area contributed by atoms with E-state index in [1.54, 1.807) is 6.20 Å². The fourth-order valence-electron chi connectivity index (χ4n) is 3.73. The van der Waals surface area contributed by atoms with Crippen LogP contribution in [-0.2, 0) is 0 Å². The Bertz CT molecular complexity index is 1160. The standard InChI is InChI=1S/C24H25N7/c1-2-8-21-19(5-1)16-22(29-21)18-6-3-7-20(15-18)28-24-27-11-9-23(30-24)26-10-4-13-31-14-12-25-17-31/h1-3,5-9,11-12,15-16,29H,4,10,13-14,17H2,(H2,26,27,28,30). The molecule has 5 rings (SSSR count). The van der Waals surface area contributed by atoms with Gasteiger partial charge in [0.2, 0.25) is 5.95 Å². The molecule has 0 fully saturated rings. The number of nitrogens with one attached hydrogen (secondary N) is 3. The second-order valence-electron chi connectivity index (χ2n) is 7.61. The highest BCUT2D eigenvalue weighted by Gasteiger charge is 2.07. The number of anilines is 3. The van der Waals surface area contributed by atoms with Crippen LogP contribution >= 0.6 is 0 Å². The predicted molar refractivity (Wildman–Crippen MR) is 127 cm³/mol. The van der Waals surface area contributed by atoms with Crippen molar-refractivity contribution in [2.45, 2.75) is 6.42 Å². The number of benzene rings is 2. The highest BCUT2D eigenvalue weighted by atomic mass is 15.2. The molecule has 2 aromatic heterocycles. The van der Waals surface area contributed by atoms with Crippen LogP contribution in [0.15, 0.2) is 71.9 Å². The van der Waals surface area contributed by atoms with E-state index in [-0.39, 0.29) is 0 Å². The minimum Gasteiger partial charge on any atom is -0.370 e. The summed E-state index contributed by atoms with van der Waals surface area (Å²) in [6.07, 6.45) is 4.79. The van der Waals surface area contributed by atoms with Crippen LogP contribution in [-0.4, -0.2) is 52.4 Å². The predicted octanol–water partition coefficient (Wildman–Crippen LogP) is 4.51. The summed E-state index contributed by atoms with van der Waals surface area (Å²) in [4.78, 5) is 19.0. The molecule has 0 radical (unpaired) electrons. The Labute approximate surface area is 181 Å². The highest BCUT2D eigenvalue weighted by Crippen LogP contribution is 2.26. The van der Waals surface area contributed by atoms with E-state index in [9.17, 15) is 0 Å². The van der Waals surface area contributed by atoms with Crippen molar-refractivity contribution in [3.05, 3.63) is 66.9 Å². The molecule has 4 aromatic rings. The lowest BCUT2D eigenvalue weighted by molar-refractivity contribution is 0.341. The van der Waals surface area contributed by atoms with Crippen molar-refractivity contribution in [2.24, 2.45) is 4.99 Å². The van der Waals surface area contributed by atoms with Crippen molar-refractivity contribution >= 4 is 34.6 Å². The van der Waals surface area contributed by atoms with Gasteiger partial charge in [0, 0.05) is 59.9 Å². The summed E-state index contributed by atoms with van der Waals surface area (Å²) in [5.41, 5.74) is 4.28. The number of aromatic nitrogens is 3. The third-order valence-corrected chi connectivity index (χ3v) is 5.32. The average Bonchev–Trinajstić information content (AvgIpc) is 3.47. The van der Waals surface area contributed by atoms with E-state index >= 15 is 0 Å². The van der Waals surface area contributed by atoms with E-state index in [4.69, 9.17) is 0 Å². The zero-order valence-electron chi connectivity index (χ0n) is 17.3. The largest absolute Gasteiger partial charge is 0.370 e. The van der Waals surface area contributed by atoms with Gasteiger partial charge in [0.15, 0.2) is 0 Å². The van der Waals surface area contributed by atoms with Crippen molar-refractivity contribution in [3.63, 3.8) is 0 Å². The summed E-state index contributed by atoms with van der Waals surface area (Å²) in [7, 11) is 0. The summed E-state index contributed by atoms with van der Waals surface area (Å²) in [6.45, 7) is 3.67. The van der Waals surface area contributed by atoms with Gasteiger partial charge < -0.3 is 15.6 Å². The first-order valence-corrected chi connectivity index (χ1v) is 10.6. The highest BCUT2D eigenvalue weighted by molar-refractivity contribution is 5.86. The van der Waals surface area contributed by atoms with Gasteiger partial charge in [-0.25, -0.2) is 4.98 Å². The molecule has 0 atom stereocenters. The molecule has 3 heterocycles. The minimum absolute atomic E-state index is 0.576. The van der Waals surface area contributed by atoms with E-state index in [0.29, 0.717) is 5.95 Å². The zero-order valence-corrected chi connectivity index (χ0v) is 17.3. The molecule has 1 aliphatic rings. The van der Waals surface area contributed by atoms with Crippen LogP contribution in [0.1, 0.15) is 6.42 Å². The number of fused-ring (bicyclic) bond motifs is 1. The van der Waals surface area contributed by atoms with Gasteiger partial charge in [-0.1, -0.05) is 30.3 Å². The number of aromatic amines is 1. The second-order valence-corrected chi connectivity index (χ2v) is 7.61. The molecule has 7 heteroatoms. The Morgan fingerprint density at radius 1 is 1.03 bits per heavy atom. The van der Waals surface area contributed by atoms with Crippen LogP contribution < -0.4 is 10.6 Å². The molecule has 0 saturated carbocycles. The number of H-pyrrole nitrogens is 1. The van der Waals surface area contributed by atoms with E-state index in [0.717, 1.165) is 61.0 Å². The summed E-state index contributed by atoms with van der Waals surface area (Å²) < 4.78 is 0. The Balaban J connectivity index is 1.22. The zero-order chi connectivity index (χ0) is 20.9. The van der Waals surface area contributed by atoms with E-state index in [1.807, 2.05) is 30.5 Å². The average molecular weight is 412 g/mol. The van der Waals surface area contributed by atoms with E-state index in [1.165, 1.54) is 5.39 Å². The van der Waals surface area contributed by atoms with Crippen LogP contribution in [0.2, 0.25) is 0 Å². The molecule has 0 aliphatic carbocycles. The molecule has 2 aromatic carbocycles. The maximum absolute atomic E-state index is 4.60. The fourth-order valence-corrected chi connectivity index (χ4v) is 3.73. The third-order valence-electron chi connectivity index (χ3n) is 5.32. The van der Waals surface area contributed by atoms with Gasteiger partial charge in [-0.2, -0.15) is 4.98 Å². The van der Waals surface area contributed by atoms with Gasteiger partial charge in [-0.3, -0.25) is 9.89 Å². The molecule has 7 nitrogen and oxygen atoms in total. The van der Waals surface area contributed by atoms with Crippen molar-refractivity contribution in [1.82, 2.24) is 19.9 Å². The molecule has 0 amide bonds. The van der Waals surface area contributed by atoms with Crippen molar-refractivity contribution < 1.29 is 0 Å². The molecule has 156 valence electrons. The summed E-state index contributed by atoms with van der Waals surface area (Å²) in [5.74, 6) is 1.40. The topological polar surface area (TPSA) is 81.2 Å². The summed E-state index contributed by atoms with van der Waals surface area (Å²) >= 11 is 0. The van der Waals surface area contributed by atoms with Crippen LogP contribution in [0.25, 0.3) is 22.2 Å². The Morgan fingerprint density at radius 3 is 2.90 bits per heavy atom. The Kier molecular flexibility index (Phi) is 5.58. The first-order chi connectivity index (χ1) is 15.3. The Hall–Kier alpha value is -3.71. The number of rotatable bonds is 8. The first kappa shape index (κ1) is 19.3. The van der Waals surface area contributed by atoms with Crippen LogP contribution in [0.3, 0.4) is 0 Å². The van der Waals surface area contributed by atoms with Crippen molar-refractivity contribution in [1.29, 1.82) is 0 Å². The lowest BCUT2D eigenvalue weighted by atomic mass is 10.1. The van der Waals surface area contributed by atoms with Gasteiger partial charge in [-0.05, 0) is 36.8 Å². The van der Waals surface area contributed by atoms with Crippen LogP contribution in [0, 0.1) is 0 Å². The minimum atomic E-state index is 0.576. The Morgan fingerprint density at radius 2 is 2.00 bits per heavy atom. The molecule has 0 unspecified atom stereocenters. The first-order valence-electron chi connectivity index (χ1n) is 10.6. The molecule has 31 heavy (non-hydrogen) atoms. The van der Waals surface area contributed by atoms with Crippen molar-refractivity contribution in [2.75, 3.05) is 36.9 Å². The molecule has 0 bridgehead atoms. The monoisotopic (exact) mass is 411 g/mol. The third kappa shape index (κ3) is 4.73. The van der Waals surface area contributed by atoms with Gasteiger partial charge >= 0.3 is 0 Å². The smallest absolute Gasteiger partial charge is 0.229 e. The van der Waals surface area contributed by atoms with Crippen LogP contribution in [0.4, 0.5) is 17.5 Å². The summed E-state index contributed by atoms with van der Waals surface area (Å²) in [6, 6.07) is 20.6.